The lowest BCUT2D eigenvalue weighted by atomic mass is 10.2. The average molecular weight is 321 g/mol. The Balaban J connectivity index is 2.55. The normalized spacial score (nSPS) is 12.2. The molecule has 0 saturated heterocycles. The van der Waals surface area contributed by atoms with Crippen LogP contribution in [0.15, 0.2) is 22.7 Å². The van der Waals surface area contributed by atoms with Crippen molar-refractivity contribution in [1.82, 2.24) is 5.32 Å². The van der Waals surface area contributed by atoms with Gasteiger partial charge in [0.05, 0.1) is 11.1 Å². The van der Waals surface area contributed by atoms with Crippen LogP contribution in [0.1, 0.15) is 24.2 Å². The summed E-state index contributed by atoms with van der Waals surface area (Å²) in [7, 11) is 0. The first-order chi connectivity index (χ1) is 8.04. The van der Waals surface area contributed by atoms with Crippen LogP contribution in [0.3, 0.4) is 0 Å². The number of halogens is 2. The molecule has 1 atom stereocenters. The van der Waals surface area contributed by atoms with Gasteiger partial charge in [-0.25, -0.2) is 0 Å². The molecular weight excluding hydrogens is 305 g/mol. The number of carbonyl (C=O) groups excluding carboxylic acids is 1. The number of ether oxygens (including phenoxy) is 1. The number of carbonyl (C=O) groups is 1. The van der Waals surface area contributed by atoms with Gasteiger partial charge < -0.3 is 10.1 Å². The second-order valence-corrected chi connectivity index (χ2v) is 4.87. The molecule has 1 N–H and O–H groups in total. The van der Waals surface area contributed by atoms with Gasteiger partial charge in [0.25, 0.3) is 5.91 Å². The minimum atomic E-state index is -0.131. The van der Waals surface area contributed by atoms with E-state index in [1.54, 1.807) is 18.2 Å². The average Bonchev–Trinajstić information content (AvgIpc) is 2.30. The number of amides is 1. The number of nitrogens with one attached hydrogen (secondary N) is 1. The zero-order chi connectivity index (χ0) is 12.8. The predicted octanol–water partition coefficient (Wildman–Crippen LogP) is 3.26. The Morgan fingerprint density at radius 2 is 2.29 bits per heavy atom. The third-order valence-electron chi connectivity index (χ3n) is 2.18. The van der Waals surface area contributed by atoms with Crippen molar-refractivity contribution in [1.29, 1.82) is 0 Å². The molecule has 0 aliphatic heterocycles. The van der Waals surface area contributed by atoms with Crippen molar-refractivity contribution in [3.05, 3.63) is 33.3 Å². The zero-order valence-corrected chi connectivity index (χ0v) is 12.1. The second-order valence-electron chi connectivity index (χ2n) is 3.60. The Bertz CT molecular complexity index is 398. The van der Waals surface area contributed by atoms with Crippen LogP contribution in [0.25, 0.3) is 0 Å². The lowest BCUT2D eigenvalue weighted by molar-refractivity contribution is 0.0695. The van der Waals surface area contributed by atoms with Gasteiger partial charge in [-0.2, -0.15) is 0 Å². The van der Waals surface area contributed by atoms with E-state index < -0.39 is 0 Å². The van der Waals surface area contributed by atoms with Crippen LogP contribution in [0.2, 0.25) is 5.02 Å². The molecule has 0 radical (unpaired) electrons. The molecule has 0 aliphatic carbocycles. The molecule has 0 fully saturated rings. The summed E-state index contributed by atoms with van der Waals surface area (Å²) in [5, 5.41) is 3.39. The van der Waals surface area contributed by atoms with E-state index in [1.165, 1.54) is 0 Å². The van der Waals surface area contributed by atoms with Gasteiger partial charge in [0.1, 0.15) is 0 Å². The fourth-order valence-electron chi connectivity index (χ4n) is 1.32. The van der Waals surface area contributed by atoms with Crippen LogP contribution in [0.4, 0.5) is 0 Å². The van der Waals surface area contributed by atoms with E-state index in [1.807, 2.05) is 13.8 Å². The number of benzene rings is 1. The highest BCUT2D eigenvalue weighted by Gasteiger charge is 2.09. The maximum Gasteiger partial charge on any atom is 0.251 e. The maximum atomic E-state index is 11.8. The molecule has 1 aromatic carbocycles. The highest BCUT2D eigenvalue weighted by atomic mass is 79.9. The highest BCUT2D eigenvalue weighted by Crippen LogP contribution is 2.23. The molecule has 1 amide bonds. The predicted molar refractivity (Wildman–Crippen MR) is 72.6 cm³/mol. The summed E-state index contributed by atoms with van der Waals surface area (Å²) >= 11 is 9.14. The Kier molecular flexibility index (Phi) is 5.95. The third kappa shape index (κ3) is 4.66. The molecule has 0 aliphatic rings. The summed E-state index contributed by atoms with van der Waals surface area (Å²) in [5.41, 5.74) is 0.574. The first kappa shape index (κ1) is 14.5. The molecule has 0 heterocycles. The quantitative estimate of drug-likeness (QED) is 0.904. The number of hydrogen-bond donors (Lipinski definition) is 1. The van der Waals surface area contributed by atoms with Crippen molar-refractivity contribution >= 4 is 33.4 Å². The fourth-order valence-corrected chi connectivity index (χ4v) is 1.82. The van der Waals surface area contributed by atoms with E-state index in [4.69, 9.17) is 16.3 Å². The lowest BCUT2D eigenvalue weighted by Gasteiger charge is -2.12. The topological polar surface area (TPSA) is 38.3 Å². The fraction of sp³-hybridized carbons (Fsp3) is 0.417. The first-order valence-electron chi connectivity index (χ1n) is 5.39. The monoisotopic (exact) mass is 319 g/mol. The second kappa shape index (κ2) is 6.99. The molecule has 5 heteroatoms. The molecule has 0 aromatic heterocycles. The van der Waals surface area contributed by atoms with E-state index in [0.717, 1.165) is 0 Å². The molecule has 17 heavy (non-hydrogen) atoms. The van der Waals surface area contributed by atoms with Gasteiger partial charge in [-0.05, 0) is 48.0 Å². The van der Waals surface area contributed by atoms with E-state index in [2.05, 4.69) is 21.2 Å². The van der Waals surface area contributed by atoms with Gasteiger partial charge in [0.2, 0.25) is 0 Å². The number of hydrogen-bond acceptors (Lipinski definition) is 2. The van der Waals surface area contributed by atoms with Crippen LogP contribution >= 0.6 is 27.5 Å². The largest absolute Gasteiger partial charge is 0.377 e. The molecule has 94 valence electrons. The molecule has 0 spiro atoms. The van der Waals surface area contributed by atoms with Crippen molar-refractivity contribution in [3.8, 4) is 0 Å². The molecule has 3 nitrogen and oxygen atoms in total. The summed E-state index contributed by atoms with van der Waals surface area (Å²) in [6, 6.07) is 5.07. The summed E-state index contributed by atoms with van der Waals surface area (Å²) in [6.07, 6.45) is 0.0136. The molecule has 0 bridgehead atoms. The zero-order valence-electron chi connectivity index (χ0n) is 9.80. The third-order valence-corrected chi connectivity index (χ3v) is 3.40. The van der Waals surface area contributed by atoms with Crippen LogP contribution in [0.5, 0.6) is 0 Å². The summed E-state index contributed by atoms with van der Waals surface area (Å²) < 4.78 is 6.04. The van der Waals surface area contributed by atoms with Gasteiger partial charge in [-0.1, -0.05) is 11.6 Å². The van der Waals surface area contributed by atoms with E-state index in [-0.39, 0.29) is 12.0 Å². The van der Waals surface area contributed by atoms with E-state index in [9.17, 15) is 4.79 Å². The van der Waals surface area contributed by atoms with Crippen molar-refractivity contribution in [3.63, 3.8) is 0 Å². The summed E-state index contributed by atoms with van der Waals surface area (Å²) in [4.78, 5) is 11.8. The SMILES string of the molecule is CCOC(C)CNC(=O)c1ccc(Cl)c(Br)c1. The molecular formula is C12H15BrClNO2. The Hall–Kier alpha value is -0.580. The Labute approximate surface area is 115 Å². The summed E-state index contributed by atoms with van der Waals surface area (Å²) in [5.74, 6) is -0.131. The minimum absolute atomic E-state index is 0.0136. The van der Waals surface area contributed by atoms with Gasteiger partial charge in [-0.15, -0.1) is 0 Å². The summed E-state index contributed by atoms with van der Waals surface area (Å²) in [6.45, 7) is 4.98. The van der Waals surface area contributed by atoms with Crippen molar-refractivity contribution in [2.45, 2.75) is 20.0 Å². The molecule has 0 saturated carbocycles. The van der Waals surface area contributed by atoms with Crippen LogP contribution < -0.4 is 5.32 Å². The number of rotatable bonds is 5. The molecule has 1 unspecified atom stereocenters. The van der Waals surface area contributed by atoms with Crippen LogP contribution in [-0.4, -0.2) is 25.2 Å². The highest BCUT2D eigenvalue weighted by molar-refractivity contribution is 9.10. The maximum absolute atomic E-state index is 11.8. The van der Waals surface area contributed by atoms with Gasteiger partial charge in [0, 0.05) is 23.2 Å². The van der Waals surface area contributed by atoms with Crippen molar-refractivity contribution in [2.24, 2.45) is 0 Å². The van der Waals surface area contributed by atoms with Crippen molar-refractivity contribution < 1.29 is 9.53 Å². The van der Waals surface area contributed by atoms with Gasteiger partial charge in [0.15, 0.2) is 0 Å². The standard InChI is InChI=1S/C12H15BrClNO2/c1-3-17-8(2)7-15-12(16)9-4-5-11(14)10(13)6-9/h4-6,8H,3,7H2,1-2H3,(H,15,16). The Morgan fingerprint density at radius 3 is 2.88 bits per heavy atom. The molecule has 1 rings (SSSR count). The van der Waals surface area contributed by atoms with Gasteiger partial charge >= 0.3 is 0 Å². The van der Waals surface area contributed by atoms with E-state index in [0.29, 0.717) is 28.2 Å². The van der Waals surface area contributed by atoms with Crippen molar-refractivity contribution in [2.75, 3.05) is 13.2 Å². The van der Waals surface area contributed by atoms with Crippen LogP contribution in [0, 0.1) is 0 Å². The lowest BCUT2D eigenvalue weighted by Crippen LogP contribution is -2.32. The Morgan fingerprint density at radius 1 is 1.59 bits per heavy atom. The minimum Gasteiger partial charge on any atom is -0.377 e. The van der Waals surface area contributed by atoms with E-state index >= 15 is 0 Å². The van der Waals surface area contributed by atoms with Crippen LogP contribution in [-0.2, 0) is 4.74 Å². The molecule has 1 aromatic rings. The smallest absolute Gasteiger partial charge is 0.251 e. The first-order valence-corrected chi connectivity index (χ1v) is 6.56. The van der Waals surface area contributed by atoms with Gasteiger partial charge in [-0.3, -0.25) is 4.79 Å².